The molecule has 4 nitrogen and oxygen atoms in total. The molecule has 20 heavy (non-hydrogen) atoms. The summed E-state index contributed by atoms with van der Waals surface area (Å²) in [7, 11) is -3.24. The average Bonchev–Trinajstić information content (AvgIpc) is 2.80. The SMILES string of the molecule is CS(=O)(=O)c1cccc(Oc2nc3ccccc3s2)c1. The van der Waals surface area contributed by atoms with Crippen molar-refractivity contribution in [3.05, 3.63) is 48.5 Å². The summed E-state index contributed by atoms with van der Waals surface area (Å²) in [5, 5.41) is 0.497. The highest BCUT2D eigenvalue weighted by Gasteiger charge is 2.10. The molecule has 2 aromatic carbocycles. The Kier molecular flexibility index (Phi) is 3.19. The molecule has 102 valence electrons. The maximum Gasteiger partial charge on any atom is 0.279 e. The van der Waals surface area contributed by atoms with E-state index in [4.69, 9.17) is 4.74 Å². The van der Waals surface area contributed by atoms with Crippen LogP contribution in [0.2, 0.25) is 0 Å². The van der Waals surface area contributed by atoms with E-state index in [9.17, 15) is 8.42 Å². The Morgan fingerprint density at radius 2 is 1.90 bits per heavy atom. The number of thiazole rings is 1. The van der Waals surface area contributed by atoms with Crippen LogP contribution in [0.4, 0.5) is 0 Å². The predicted molar refractivity (Wildman–Crippen MR) is 79.2 cm³/mol. The summed E-state index contributed by atoms with van der Waals surface area (Å²) < 4.78 is 29.7. The first-order chi connectivity index (χ1) is 9.52. The van der Waals surface area contributed by atoms with Gasteiger partial charge in [-0.3, -0.25) is 0 Å². The van der Waals surface area contributed by atoms with E-state index in [2.05, 4.69) is 4.98 Å². The molecule has 0 atom stereocenters. The first kappa shape index (κ1) is 13.1. The smallest absolute Gasteiger partial charge is 0.279 e. The van der Waals surface area contributed by atoms with Crippen molar-refractivity contribution in [2.45, 2.75) is 4.90 Å². The van der Waals surface area contributed by atoms with Crippen LogP contribution in [0, 0.1) is 0 Å². The zero-order valence-electron chi connectivity index (χ0n) is 10.6. The number of nitrogens with zero attached hydrogens (tertiary/aromatic N) is 1. The minimum Gasteiger partial charge on any atom is -0.431 e. The maximum absolute atomic E-state index is 11.5. The van der Waals surface area contributed by atoms with E-state index < -0.39 is 9.84 Å². The van der Waals surface area contributed by atoms with Crippen molar-refractivity contribution in [1.29, 1.82) is 0 Å². The van der Waals surface area contributed by atoms with Crippen LogP contribution in [0.5, 0.6) is 10.9 Å². The zero-order chi connectivity index (χ0) is 14.2. The Balaban J connectivity index is 1.95. The Morgan fingerprint density at radius 1 is 1.10 bits per heavy atom. The van der Waals surface area contributed by atoms with E-state index in [1.165, 1.54) is 23.7 Å². The molecule has 1 aromatic heterocycles. The molecule has 0 saturated carbocycles. The Morgan fingerprint density at radius 3 is 2.65 bits per heavy atom. The van der Waals surface area contributed by atoms with Crippen LogP contribution in [0.1, 0.15) is 0 Å². The van der Waals surface area contributed by atoms with Crippen LogP contribution in [0.25, 0.3) is 10.2 Å². The third-order valence-electron chi connectivity index (χ3n) is 2.71. The molecule has 0 spiro atoms. The normalized spacial score (nSPS) is 11.7. The number of fused-ring (bicyclic) bond motifs is 1. The molecule has 0 aliphatic rings. The monoisotopic (exact) mass is 305 g/mol. The fourth-order valence-corrected chi connectivity index (χ4v) is 3.25. The summed E-state index contributed by atoms with van der Waals surface area (Å²) in [6.07, 6.45) is 1.17. The number of ether oxygens (including phenoxy) is 1. The van der Waals surface area contributed by atoms with E-state index in [0.29, 0.717) is 10.9 Å². The molecule has 0 aliphatic carbocycles. The van der Waals surface area contributed by atoms with Crippen LogP contribution in [0.15, 0.2) is 53.4 Å². The quantitative estimate of drug-likeness (QED) is 0.743. The molecule has 1 heterocycles. The fourth-order valence-electron chi connectivity index (χ4n) is 1.76. The lowest BCUT2D eigenvalue weighted by Crippen LogP contribution is -1.96. The molecular weight excluding hydrogens is 294 g/mol. The van der Waals surface area contributed by atoms with Gasteiger partial charge in [0.1, 0.15) is 5.75 Å². The van der Waals surface area contributed by atoms with E-state index in [1.807, 2.05) is 24.3 Å². The largest absolute Gasteiger partial charge is 0.431 e. The minimum atomic E-state index is -3.24. The molecule has 0 amide bonds. The molecule has 0 aliphatic heterocycles. The summed E-state index contributed by atoms with van der Waals surface area (Å²) in [5.41, 5.74) is 0.867. The summed E-state index contributed by atoms with van der Waals surface area (Å²) in [5.74, 6) is 0.465. The van der Waals surface area contributed by atoms with Crippen LogP contribution < -0.4 is 4.74 Å². The van der Waals surface area contributed by atoms with Gasteiger partial charge in [0.05, 0.1) is 15.1 Å². The molecular formula is C14H11NO3S2. The number of rotatable bonds is 3. The Labute approximate surface area is 120 Å². The zero-order valence-corrected chi connectivity index (χ0v) is 12.2. The van der Waals surface area contributed by atoms with Gasteiger partial charge in [-0.2, -0.15) is 0 Å². The maximum atomic E-state index is 11.5. The van der Waals surface area contributed by atoms with Gasteiger partial charge < -0.3 is 4.74 Å². The number of benzene rings is 2. The lowest BCUT2D eigenvalue weighted by atomic mass is 10.3. The topological polar surface area (TPSA) is 56.3 Å². The molecule has 0 saturated heterocycles. The van der Waals surface area contributed by atoms with Gasteiger partial charge >= 0.3 is 0 Å². The van der Waals surface area contributed by atoms with E-state index in [-0.39, 0.29) is 4.90 Å². The second-order valence-electron chi connectivity index (χ2n) is 4.30. The first-order valence-corrected chi connectivity index (χ1v) is 8.57. The predicted octanol–water partition coefficient (Wildman–Crippen LogP) is 3.49. The van der Waals surface area contributed by atoms with E-state index >= 15 is 0 Å². The molecule has 0 unspecified atom stereocenters. The highest BCUT2D eigenvalue weighted by molar-refractivity contribution is 7.90. The van der Waals surface area contributed by atoms with Gasteiger partial charge in [0.2, 0.25) is 0 Å². The van der Waals surface area contributed by atoms with Gasteiger partial charge in [-0.25, -0.2) is 13.4 Å². The lowest BCUT2D eigenvalue weighted by Gasteiger charge is -2.03. The molecule has 6 heteroatoms. The highest BCUT2D eigenvalue weighted by atomic mass is 32.2. The minimum absolute atomic E-state index is 0.233. The second kappa shape index (κ2) is 4.88. The van der Waals surface area contributed by atoms with Crippen molar-refractivity contribution in [2.75, 3.05) is 6.26 Å². The van der Waals surface area contributed by atoms with Gasteiger partial charge in [-0.15, -0.1) is 0 Å². The average molecular weight is 305 g/mol. The summed E-state index contributed by atoms with van der Waals surface area (Å²) in [4.78, 5) is 4.58. The Bertz CT molecular complexity index is 836. The van der Waals surface area contributed by atoms with Crippen molar-refractivity contribution >= 4 is 31.4 Å². The number of aromatic nitrogens is 1. The summed E-state index contributed by atoms with van der Waals surface area (Å²) in [6.45, 7) is 0. The Hall–Kier alpha value is -1.92. The number of para-hydroxylation sites is 1. The standard InChI is InChI=1S/C14H11NO3S2/c1-20(16,17)11-6-4-5-10(9-11)18-14-15-12-7-2-3-8-13(12)19-14/h2-9H,1H3. The summed E-state index contributed by atoms with van der Waals surface area (Å²) in [6, 6.07) is 14.1. The van der Waals surface area contributed by atoms with Gasteiger partial charge in [-0.1, -0.05) is 29.5 Å². The van der Waals surface area contributed by atoms with Gasteiger partial charge in [0.25, 0.3) is 5.19 Å². The molecule has 3 aromatic rings. The van der Waals surface area contributed by atoms with E-state index in [1.54, 1.807) is 18.2 Å². The third kappa shape index (κ3) is 2.66. The van der Waals surface area contributed by atoms with Crippen LogP contribution in [-0.2, 0) is 9.84 Å². The van der Waals surface area contributed by atoms with Crippen molar-refractivity contribution in [1.82, 2.24) is 4.98 Å². The number of sulfone groups is 1. The molecule has 0 bridgehead atoms. The van der Waals surface area contributed by atoms with Crippen molar-refractivity contribution in [2.24, 2.45) is 0 Å². The van der Waals surface area contributed by atoms with Crippen LogP contribution in [-0.4, -0.2) is 19.7 Å². The molecule has 0 N–H and O–H groups in total. The molecule has 0 fully saturated rings. The highest BCUT2D eigenvalue weighted by Crippen LogP contribution is 2.31. The van der Waals surface area contributed by atoms with Gasteiger partial charge in [0.15, 0.2) is 9.84 Å². The fraction of sp³-hybridized carbons (Fsp3) is 0.0714. The van der Waals surface area contributed by atoms with Gasteiger partial charge in [0, 0.05) is 6.26 Å². The number of hydrogen-bond acceptors (Lipinski definition) is 5. The van der Waals surface area contributed by atoms with Crippen molar-refractivity contribution < 1.29 is 13.2 Å². The van der Waals surface area contributed by atoms with Crippen molar-refractivity contribution in [3.63, 3.8) is 0 Å². The lowest BCUT2D eigenvalue weighted by molar-refractivity contribution is 0.478. The molecule has 3 rings (SSSR count). The third-order valence-corrected chi connectivity index (χ3v) is 4.74. The van der Waals surface area contributed by atoms with Gasteiger partial charge in [-0.05, 0) is 30.3 Å². The second-order valence-corrected chi connectivity index (χ2v) is 7.31. The number of hydrogen-bond donors (Lipinski definition) is 0. The van der Waals surface area contributed by atoms with E-state index in [0.717, 1.165) is 10.2 Å². The van der Waals surface area contributed by atoms with Crippen LogP contribution >= 0.6 is 11.3 Å². The van der Waals surface area contributed by atoms with Crippen molar-refractivity contribution in [3.8, 4) is 10.9 Å². The summed E-state index contributed by atoms with van der Waals surface area (Å²) >= 11 is 1.42. The van der Waals surface area contributed by atoms with Crippen LogP contribution in [0.3, 0.4) is 0 Å². The first-order valence-electron chi connectivity index (χ1n) is 5.86. The molecule has 0 radical (unpaired) electrons.